The number of ether oxygens (including phenoxy) is 1. The average molecular weight is 328 g/mol. The molecule has 0 aliphatic rings. The Bertz CT molecular complexity index is 381. The maximum Gasteiger partial charge on any atom is 0.125 e. The van der Waals surface area contributed by atoms with Gasteiger partial charge in [-0.15, -0.1) is 0 Å². The van der Waals surface area contributed by atoms with E-state index in [1.165, 1.54) is 5.56 Å². The first kappa shape index (κ1) is 16.5. The zero-order chi connectivity index (χ0) is 14.3. The molecule has 0 spiro atoms. The van der Waals surface area contributed by atoms with Crippen LogP contribution in [-0.4, -0.2) is 13.2 Å². The Morgan fingerprint density at radius 3 is 2.63 bits per heavy atom. The predicted molar refractivity (Wildman–Crippen MR) is 85.8 cm³/mol. The summed E-state index contributed by atoms with van der Waals surface area (Å²) in [5.74, 6) is 1.58. The van der Waals surface area contributed by atoms with Crippen molar-refractivity contribution in [2.24, 2.45) is 5.92 Å². The van der Waals surface area contributed by atoms with Gasteiger partial charge in [0.25, 0.3) is 0 Å². The van der Waals surface area contributed by atoms with E-state index in [1.54, 1.807) is 0 Å². The Balaban J connectivity index is 2.78. The first-order valence-electron chi connectivity index (χ1n) is 7.24. The normalized spacial score (nSPS) is 14.2. The molecule has 2 nitrogen and oxygen atoms in total. The molecule has 1 aromatic rings. The summed E-state index contributed by atoms with van der Waals surface area (Å²) in [6.07, 6.45) is 2.29. The number of rotatable bonds is 8. The summed E-state index contributed by atoms with van der Waals surface area (Å²) < 4.78 is 7.07. The monoisotopic (exact) mass is 327 g/mol. The number of hydrogen-bond donors (Lipinski definition) is 1. The SMILES string of the molecule is CCCNC(C)c1ccc(Br)cc1OCC(C)CC. The van der Waals surface area contributed by atoms with Crippen LogP contribution in [-0.2, 0) is 0 Å². The quantitative estimate of drug-likeness (QED) is 0.730. The van der Waals surface area contributed by atoms with Gasteiger partial charge in [0.05, 0.1) is 6.61 Å². The summed E-state index contributed by atoms with van der Waals surface area (Å²) >= 11 is 3.52. The van der Waals surface area contributed by atoms with E-state index in [1.807, 2.05) is 0 Å². The molecule has 0 heterocycles. The van der Waals surface area contributed by atoms with Gasteiger partial charge in [0.1, 0.15) is 5.75 Å². The summed E-state index contributed by atoms with van der Waals surface area (Å²) in [6.45, 7) is 10.6. The number of nitrogens with one attached hydrogen (secondary N) is 1. The summed E-state index contributed by atoms with van der Waals surface area (Å²) in [6, 6.07) is 6.61. The second kappa shape index (κ2) is 8.60. The molecule has 1 N–H and O–H groups in total. The summed E-state index contributed by atoms with van der Waals surface area (Å²) in [4.78, 5) is 0. The van der Waals surface area contributed by atoms with Crippen LogP contribution >= 0.6 is 15.9 Å². The van der Waals surface area contributed by atoms with Crippen LogP contribution in [0, 0.1) is 5.92 Å². The van der Waals surface area contributed by atoms with Gasteiger partial charge in [0.15, 0.2) is 0 Å². The second-order valence-electron chi connectivity index (χ2n) is 5.18. The second-order valence-corrected chi connectivity index (χ2v) is 6.10. The van der Waals surface area contributed by atoms with Crippen molar-refractivity contribution in [3.8, 4) is 5.75 Å². The molecule has 2 atom stereocenters. The summed E-state index contributed by atoms with van der Waals surface area (Å²) in [7, 11) is 0. The van der Waals surface area contributed by atoms with Crippen molar-refractivity contribution in [1.82, 2.24) is 5.32 Å². The van der Waals surface area contributed by atoms with Crippen LogP contribution in [0.2, 0.25) is 0 Å². The van der Waals surface area contributed by atoms with E-state index < -0.39 is 0 Å². The molecule has 0 bridgehead atoms. The molecule has 3 heteroatoms. The molecule has 1 rings (SSSR count). The zero-order valence-electron chi connectivity index (χ0n) is 12.5. The third kappa shape index (κ3) is 5.53. The molecular weight excluding hydrogens is 302 g/mol. The first-order chi connectivity index (χ1) is 9.08. The molecule has 19 heavy (non-hydrogen) atoms. The van der Waals surface area contributed by atoms with Crippen LogP contribution < -0.4 is 10.1 Å². The fraction of sp³-hybridized carbons (Fsp3) is 0.625. The lowest BCUT2D eigenvalue weighted by molar-refractivity contribution is 0.252. The topological polar surface area (TPSA) is 21.3 Å². The van der Waals surface area contributed by atoms with Gasteiger partial charge >= 0.3 is 0 Å². The van der Waals surface area contributed by atoms with E-state index in [4.69, 9.17) is 4.74 Å². The Labute approximate surface area is 126 Å². The van der Waals surface area contributed by atoms with Gasteiger partial charge in [-0.1, -0.05) is 49.2 Å². The maximum atomic E-state index is 6.00. The van der Waals surface area contributed by atoms with E-state index in [0.717, 1.165) is 36.2 Å². The van der Waals surface area contributed by atoms with E-state index in [9.17, 15) is 0 Å². The summed E-state index contributed by atoms with van der Waals surface area (Å²) in [5, 5.41) is 3.51. The van der Waals surface area contributed by atoms with E-state index in [0.29, 0.717) is 12.0 Å². The Kier molecular flexibility index (Phi) is 7.47. The Hall–Kier alpha value is -0.540. The molecule has 0 aliphatic heterocycles. The van der Waals surface area contributed by atoms with Crippen molar-refractivity contribution in [3.05, 3.63) is 28.2 Å². The minimum absolute atomic E-state index is 0.319. The highest BCUT2D eigenvalue weighted by Gasteiger charge is 2.12. The van der Waals surface area contributed by atoms with Crippen LogP contribution in [0.4, 0.5) is 0 Å². The van der Waals surface area contributed by atoms with E-state index in [2.05, 4.69) is 67.1 Å². The number of hydrogen-bond acceptors (Lipinski definition) is 2. The van der Waals surface area contributed by atoms with Crippen molar-refractivity contribution in [1.29, 1.82) is 0 Å². The van der Waals surface area contributed by atoms with Gasteiger partial charge in [-0.3, -0.25) is 0 Å². The lowest BCUT2D eigenvalue weighted by Gasteiger charge is -2.20. The first-order valence-corrected chi connectivity index (χ1v) is 8.03. The van der Waals surface area contributed by atoms with Crippen molar-refractivity contribution in [2.45, 2.75) is 46.6 Å². The van der Waals surface area contributed by atoms with Crippen molar-refractivity contribution in [3.63, 3.8) is 0 Å². The predicted octanol–water partition coefficient (Wildman–Crippen LogP) is 4.93. The molecule has 0 aliphatic carbocycles. The summed E-state index contributed by atoms with van der Waals surface area (Å²) in [5.41, 5.74) is 1.24. The molecular formula is C16H26BrNO. The van der Waals surface area contributed by atoms with Gasteiger partial charge in [0.2, 0.25) is 0 Å². The highest BCUT2D eigenvalue weighted by molar-refractivity contribution is 9.10. The molecule has 2 unspecified atom stereocenters. The third-order valence-corrected chi connectivity index (χ3v) is 3.86. The molecule has 0 fully saturated rings. The van der Waals surface area contributed by atoms with E-state index >= 15 is 0 Å². The van der Waals surface area contributed by atoms with Crippen LogP contribution in [0.25, 0.3) is 0 Å². The fourth-order valence-corrected chi connectivity index (χ4v) is 2.15. The molecule has 0 amide bonds. The molecule has 1 aromatic carbocycles. The van der Waals surface area contributed by atoms with Crippen molar-refractivity contribution in [2.75, 3.05) is 13.2 Å². The van der Waals surface area contributed by atoms with Crippen LogP contribution in [0.5, 0.6) is 5.75 Å². The Morgan fingerprint density at radius 1 is 1.26 bits per heavy atom. The van der Waals surface area contributed by atoms with Gasteiger partial charge in [-0.25, -0.2) is 0 Å². The van der Waals surface area contributed by atoms with Crippen LogP contribution in [0.15, 0.2) is 22.7 Å². The molecule has 0 saturated carbocycles. The average Bonchev–Trinajstić information content (AvgIpc) is 2.42. The number of halogens is 1. The lowest BCUT2D eigenvalue weighted by atomic mass is 10.1. The third-order valence-electron chi connectivity index (χ3n) is 3.36. The zero-order valence-corrected chi connectivity index (χ0v) is 14.1. The molecule has 0 saturated heterocycles. The van der Waals surface area contributed by atoms with Crippen LogP contribution in [0.3, 0.4) is 0 Å². The van der Waals surface area contributed by atoms with Gasteiger partial charge < -0.3 is 10.1 Å². The van der Waals surface area contributed by atoms with E-state index in [-0.39, 0.29) is 0 Å². The number of benzene rings is 1. The standard InChI is InChI=1S/C16H26BrNO/c1-5-9-18-13(4)15-8-7-14(17)10-16(15)19-11-12(3)6-2/h7-8,10,12-13,18H,5-6,9,11H2,1-4H3. The molecule has 0 radical (unpaired) electrons. The van der Waals surface area contributed by atoms with Crippen molar-refractivity contribution >= 4 is 15.9 Å². The highest BCUT2D eigenvalue weighted by Crippen LogP contribution is 2.29. The smallest absolute Gasteiger partial charge is 0.125 e. The lowest BCUT2D eigenvalue weighted by Crippen LogP contribution is -2.20. The molecule has 0 aromatic heterocycles. The largest absolute Gasteiger partial charge is 0.493 e. The maximum absolute atomic E-state index is 6.00. The minimum atomic E-state index is 0.319. The van der Waals surface area contributed by atoms with Gasteiger partial charge in [0, 0.05) is 16.1 Å². The van der Waals surface area contributed by atoms with Crippen LogP contribution in [0.1, 0.15) is 52.1 Å². The van der Waals surface area contributed by atoms with Crippen molar-refractivity contribution < 1.29 is 4.74 Å². The minimum Gasteiger partial charge on any atom is -0.493 e. The Morgan fingerprint density at radius 2 is 2.00 bits per heavy atom. The van der Waals surface area contributed by atoms with Gasteiger partial charge in [-0.2, -0.15) is 0 Å². The highest BCUT2D eigenvalue weighted by atomic mass is 79.9. The fourth-order valence-electron chi connectivity index (χ4n) is 1.81. The molecule has 108 valence electrons. The van der Waals surface area contributed by atoms with Gasteiger partial charge in [-0.05, 0) is 37.9 Å².